The quantitative estimate of drug-likeness (QED) is 0.329. The Kier molecular flexibility index (Phi) is 9.91. The van der Waals surface area contributed by atoms with Gasteiger partial charge in [0.15, 0.2) is 5.78 Å². The van der Waals surface area contributed by atoms with Crippen LogP contribution in [0.25, 0.3) is 0 Å². The maximum atomic E-state index is 12.8. The Morgan fingerprint density at radius 2 is 1.72 bits per heavy atom. The van der Waals surface area contributed by atoms with Gasteiger partial charge >= 0.3 is 0 Å². The van der Waals surface area contributed by atoms with Crippen LogP contribution in [0.4, 0.5) is 5.69 Å². The van der Waals surface area contributed by atoms with Crippen LogP contribution >= 0.6 is 0 Å². The molecule has 0 amide bonds. The number of nitrogens with zero attached hydrogens (tertiary/aromatic N) is 1. The van der Waals surface area contributed by atoms with Gasteiger partial charge in [0.1, 0.15) is 5.78 Å². The van der Waals surface area contributed by atoms with Gasteiger partial charge < -0.3 is 10.0 Å². The van der Waals surface area contributed by atoms with Crippen molar-refractivity contribution in [3.05, 3.63) is 52.6 Å². The molecule has 0 heterocycles. The van der Waals surface area contributed by atoms with Crippen molar-refractivity contribution in [1.29, 1.82) is 0 Å². The molecule has 4 heteroatoms. The van der Waals surface area contributed by atoms with Gasteiger partial charge in [0.05, 0.1) is 0 Å². The van der Waals surface area contributed by atoms with Gasteiger partial charge in [-0.3, -0.25) is 9.59 Å². The average Bonchev–Trinajstić information content (AvgIpc) is 3.30. The summed E-state index contributed by atoms with van der Waals surface area (Å²) in [7, 11) is 2.17. The van der Waals surface area contributed by atoms with E-state index in [1.54, 1.807) is 5.57 Å². The van der Waals surface area contributed by atoms with Gasteiger partial charge in [0.2, 0.25) is 0 Å². The van der Waals surface area contributed by atoms with E-state index in [0.717, 1.165) is 70.8 Å². The van der Waals surface area contributed by atoms with Gasteiger partial charge in [0.25, 0.3) is 0 Å². The fourth-order valence-corrected chi connectivity index (χ4v) is 8.53. The van der Waals surface area contributed by atoms with Crippen LogP contribution in [0.3, 0.4) is 0 Å². The van der Waals surface area contributed by atoms with E-state index in [0.29, 0.717) is 30.0 Å². The number of Topliss-reactive ketones (excluding diaryl/α,β-unsaturated/α-hetero) is 1. The summed E-state index contributed by atoms with van der Waals surface area (Å²) in [6.45, 7) is 9.54. The third-order valence-corrected chi connectivity index (χ3v) is 10.4. The molecule has 214 valence electrons. The first kappa shape index (κ1) is 29.8. The van der Waals surface area contributed by atoms with Crippen molar-refractivity contribution in [1.82, 2.24) is 0 Å². The molecule has 1 N–H and O–H groups in total. The number of ketones is 2. The number of rotatable bonds is 9. The molecule has 0 bridgehead atoms. The minimum Gasteiger partial charge on any atom is -0.396 e. The number of carbonyl (C=O) groups excluding carboxylic acids is 2. The molecule has 5 atom stereocenters. The van der Waals surface area contributed by atoms with Gasteiger partial charge in [-0.25, -0.2) is 0 Å². The zero-order valence-corrected chi connectivity index (χ0v) is 25.1. The fourth-order valence-electron chi connectivity index (χ4n) is 8.53. The number of hydrogen-bond donors (Lipinski definition) is 1. The smallest absolute Gasteiger partial charge is 0.156 e. The van der Waals surface area contributed by atoms with E-state index in [9.17, 15) is 9.59 Å². The van der Waals surface area contributed by atoms with E-state index in [1.807, 2.05) is 26.8 Å². The average molecular weight is 534 g/mol. The lowest BCUT2D eigenvalue weighted by Gasteiger charge is -2.52. The third kappa shape index (κ3) is 5.97. The summed E-state index contributed by atoms with van der Waals surface area (Å²) in [5, 5.41) is 8.99. The highest BCUT2D eigenvalue weighted by Gasteiger charge is 2.57. The Balaban J connectivity index is 0.00000172. The molecule has 5 rings (SSSR count). The molecule has 4 aliphatic carbocycles. The highest BCUT2D eigenvalue weighted by Crippen LogP contribution is 2.65. The number of hydrogen-bond acceptors (Lipinski definition) is 4. The minimum atomic E-state index is 0.0565. The van der Waals surface area contributed by atoms with Gasteiger partial charge in [0, 0.05) is 44.1 Å². The van der Waals surface area contributed by atoms with Crippen LogP contribution in [0.1, 0.15) is 110 Å². The van der Waals surface area contributed by atoms with Crippen molar-refractivity contribution < 1.29 is 14.7 Å². The molecule has 0 spiro atoms. The Morgan fingerprint density at radius 3 is 2.41 bits per heavy atom. The molecule has 5 unspecified atom stereocenters. The van der Waals surface area contributed by atoms with Gasteiger partial charge in [-0.15, -0.1) is 0 Å². The number of aliphatic hydroxyl groups is 1. The molecule has 0 radical (unpaired) electrons. The van der Waals surface area contributed by atoms with Crippen molar-refractivity contribution >= 4 is 17.3 Å². The zero-order valence-electron chi connectivity index (χ0n) is 25.1. The lowest BCUT2D eigenvalue weighted by Crippen LogP contribution is -2.44. The number of fused-ring (bicyclic) bond motifs is 4. The molecule has 1 aromatic rings. The highest BCUT2D eigenvalue weighted by molar-refractivity contribution is 5.93. The lowest BCUT2D eigenvalue weighted by atomic mass is 9.51. The third-order valence-electron chi connectivity index (χ3n) is 10.4. The molecule has 4 nitrogen and oxygen atoms in total. The predicted octanol–water partition coefficient (Wildman–Crippen LogP) is 7.81. The van der Waals surface area contributed by atoms with Crippen molar-refractivity contribution in [3.8, 4) is 0 Å². The predicted molar refractivity (Wildman–Crippen MR) is 161 cm³/mol. The van der Waals surface area contributed by atoms with Crippen LogP contribution in [0.15, 0.2) is 47.1 Å². The number of benzene rings is 1. The lowest BCUT2D eigenvalue weighted by molar-refractivity contribution is -0.125. The Morgan fingerprint density at radius 1 is 1.00 bits per heavy atom. The second-order valence-corrected chi connectivity index (χ2v) is 12.5. The largest absolute Gasteiger partial charge is 0.396 e. The number of unbranched alkanes of at least 4 members (excludes halogenated alkanes) is 3. The van der Waals surface area contributed by atoms with Crippen LogP contribution < -0.4 is 4.90 Å². The highest BCUT2D eigenvalue weighted by atomic mass is 16.3. The molecule has 4 aliphatic rings. The molecule has 0 saturated heterocycles. The maximum absolute atomic E-state index is 12.8. The van der Waals surface area contributed by atoms with E-state index in [-0.39, 0.29) is 23.7 Å². The summed E-state index contributed by atoms with van der Waals surface area (Å²) < 4.78 is 0. The van der Waals surface area contributed by atoms with E-state index in [2.05, 4.69) is 43.1 Å². The molecule has 1 aromatic carbocycles. The standard InChI is InChI=1S/C33H45NO3.C2H6/c1-22(36)30-16-17-31-28-14-10-24-20-26(37)13-15-27(24)32(28)29(21-33(30,31)2)23-8-11-25(12-9-23)34(3)18-6-4-5-7-19-35;1-2/h8-9,11-12,20,28-31,35H,4-7,10,13-19,21H2,1-3H3;1-2H3. The summed E-state index contributed by atoms with van der Waals surface area (Å²) in [6, 6.07) is 9.22. The van der Waals surface area contributed by atoms with Crippen LogP contribution in [0.5, 0.6) is 0 Å². The fraction of sp³-hybridized carbons (Fsp3) is 0.657. The Bertz CT molecular complexity index is 1080. The second-order valence-electron chi connectivity index (χ2n) is 12.5. The summed E-state index contributed by atoms with van der Waals surface area (Å²) in [4.78, 5) is 27.4. The van der Waals surface area contributed by atoms with E-state index >= 15 is 0 Å². The Hall–Kier alpha value is -2.20. The summed E-state index contributed by atoms with van der Waals surface area (Å²) in [6.07, 6.45) is 13.1. The minimum absolute atomic E-state index is 0.0565. The molecular weight excluding hydrogens is 482 g/mol. The van der Waals surface area contributed by atoms with Gasteiger partial charge in [-0.1, -0.05) is 51.3 Å². The van der Waals surface area contributed by atoms with Gasteiger partial charge in [-0.2, -0.15) is 0 Å². The first-order valence-electron chi connectivity index (χ1n) is 15.7. The Labute approximate surface area is 236 Å². The topological polar surface area (TPSA) is 57.6 Å². The van der Waals surface area contributed by atoms with E-state index in [1.165, 1.54) is 22.4 Å². The van der Waals surface area contributed by atoms with Crippen LogP contribution in [0, 0.1) is 23.2 Å². The molecule has 0 aliphatic heterocycles. The summed E-state index contributed by atoms with van der Waals surface area (Å²) >= 11 is 0. The number of aliphatic hydroxyl groups excluding tert-OH is 1. The van der Waals surface area contributed by atoms with Crippen LogP contribution in [-0.2, 0) is 9.59 Å². The van der Waals surface area contributed by atoms with E-state index < -0.39 is 0 Å². The summed E-state index contributed by atoms with van der Waals surface area (Å²) in [5.74, 6) is 2.28. The van der Waals surface area contributed by atoms with Crippen molar-refractivity contribution in [2.24, 2.45) is 23.2 Å². The van der Waals surface area contributed by atoms with Crippen molar-refractivity contribution in [3.63, 3.8) is 0 Å². The number of carbonyl (C=O) groups is 2. The number of anilines is 1. The molecule has 2 saturated carbocycles. The monoisotopic (exact) mass is 533 g/mol. The summed E-state index contributed by atoms with van der Waals surface area (Å²) in [5.41, 5.74) is 7.07. The van der Waals surface area contributed by atoms with Crippen LogP contribution in [-0.4, -0.2) is 36.9 Å². The van der Waals surface area contributed by atoms with E-state index in [4.69, 9.17) is 5.11 Å². The first-order chi connectivity index (χ1) is 18.8. The zero-order chi connectivity index (χ0) is 28.2. The van der Waals surface area contributed by atoms with Crippen LogP contribution in [0.2, 0.25) is 0 Å². The van der Waals surface area contributed by atoms with Crippen molar-refractivity contribution in [2.75, 3.05) is 25.1 Å². The first-order valence-corrected chi connectivity index (χ1v) is 15.7. The molecule has 2 fully saturated rings. The van der Waals surface area contributed by atoms with Gasteiger partial charge in [-0.05, 0) is 110 Å². The molecular formula is C35H51NO3. The maximum Gasteiger partial charge on any atom is 0.156 e. The molecule has 0 aromatic heterocycles. The SMILES string of the molecule is CC.CC(=O)C1CCC2C3CCC4=CC(=O)CCC4=C3C(c3ccc(N(C)CCCCCCO)cc3)CC12C. The molecule has 39 heavy (non-hydrogen) atoms. The second kappa shape index (κ2) is 13.0. The van der Waals surface area contributed by atoms with Crippen molar-refractivity contribution in [2.45, 2.75) is 104 Å². The normalized spacial score (nSPS) is 29.5. The number of allylic oxidation sites excluding steroid dienone is 4.